The van der Waals surface area contributed by atoms with E-state index in [9.17, 15) is 0 Å². The molecule has 152 valence electrons. The Morgan fingerprint density at radius 2 is 1.34 bits per heavy atom. The van der Waals surface area contributed by atoms with Gasteiger partial charge in [0.25, 0.3) is 0 Å². The second-order valence-electron chi connectivity index (χ2n) is 7.51. The number of aromatic nitrogens is 3. The molecule has 2 aromatic rings. The minimum atomic E-state index is 0.505. The van der Waals surface area contributed by atoms with E-state index in [0.717, 1.165) is 43.6 Å². The van der Waals surface area contributed by atoms with Crippen molar-refractivity contribution in [2.75, 3.05) is 41.4 Å². The number of anilines is 3. The summed E-state index contributed by atoms with van der Waals surface area (Å²) in [6, 6.07) is 10.2. The molecule has 4 rings (SSSR count). The molecule has 7 heteroatoms. The van der Waals surface area contributed by atoms with Crippen LogP contribution >= 0.6 is 0 Å². The lowest BCUT2D eigenvalue weighted by atomic mass is 10.1. The Labute approximate surface area is 172 Å². The van der Waals surface area contributed by atoms with Crippen LogP contribution in [0, 0.1) is 0 Å². The normalized spacial score (nSPS) is 17.9. The van der Waals surface area contributed by atoms with Crippen LogP contribution in [0.25, 0.3) is 6.08 Å². The maximum absolute atomic E-state index is 4.79. The van der Waals surface area contributed by atoms with Crippen molar-refractivity contribution in [1.29, 1.82) is 0 Å². The SMILES string of the molecule is C(/C=C/c1ccccc1)=NNc1nc(N2CCCCC2)nc(N2CCCCC2)n1. The highest BCUT2D eigenvalue weighted by atomic mass is 15.4. The zero-order valence-corrected chi connectivity index (χ0v) is 16.9. The van der Waals surface area contributed by atoms with E-state index >= 15 is 0 Å². The van der Waals surface area contributed by atoms with Crippen LogP contribution in [0.2, 0.25) is 0 Å². The third kappa shape index (κ3) is 5.53. The van der Waals surface area contributed by atoms with Gasteiger partial charge in [-0.25, -0.2) is 5.43 Å². The smallest absolute Gasteiger partial charge is 0.250 e. The summed E-state index contributed by atoms with van der Waals surface area (Å²) in [6.07, 6.45) is 13.0. The summed E-state index contributed by atoms with van der Waals surface area (Å²) in [5.41, 5.74) is 4.13. The molecular formula is C22H29N7. The molecule has 0 atom stereocenters. The molecule has 2 aliphatic rings. The van der Waals surface area contributed by atoms with Crippen molar-refractivity contribution in [3.63, 3.8) is 0 Å². The molecule has 7 nitrogen and oxygen atoms in total. The molecule has 1 aromatic heterocycles. The maximum atomic E-state index is 4.79. The van der Waals surface area contributed by atoms with Gasteiger partial charge in [0, 0.05) is 32.4 Å². The fraction of sp³-hybridized carbons (Fsp3) is 0.455. The fourth-order valence-corrected chi connectivity index (χ4v) is 3.73. The average Bonchev–Trinajstić information content (AvgIpc) is 2.80. The first-order valence-electron chi connectivity index (χ1n) is 10.7. The number of allylic oxidation sites excluding steroid dienone is 1. The molecule has 2 fully saturated rings. The van der Waals surface area contributed by atoms with Gasteiger partial charge in [-0.15, -0.1) is 0 Å². The second-order valence-corrected chi connectivity index (χ2v) is 7.51. The van der Waals surface area contributed by atoms with Crippen molar-refractivity contribution in [1.82, 2.24) is 15.0 Å². The van der Waals surface area contributed by atoms with Gasteiger partial charge < -0.3 is 9.80 Å². The maximum Gasteiger partial charge on any atom is 0.250 e. The lowest BCUT2D eigenvalue weighted by Crippen LogP contribution is -2.34. The Morgan fingerprint density at radius 1 is 0.759 bits per heavy atom. The highest BCUT2D eigenvalue weighted by Gasteiger charge is 2.20. The molecule has 2 saturated heterocycles. The first-order chi connectivity index (χ1) is 14.4. The van der Waals surface area contributed by atoms with Crippen LogP contribution in [0.15, 0.2) is 41.5 Å². The van der Waals surface area contributed by atoms with Gasteiger partial charge in [-0.05, 0) is 50.2 Å². The van der Waals surface area contributed by atoms with Crippen LogP contribution in [0.4, 0.5) is 17.8 Å². The Morgan fingerprint density at radius 3 is 1.93 bits per heavy atom. The van der Waals surface area contributed by atoms with Crippen LogP contribution < -0.4 is 15.2 Å². The van der Waals surface area contributed by atoms with Gasteiger partial charge in [-0.1, -0.05) is 36.4 Å². The molecule has 0 bridgehead atoms. The van der Waals surface area contributed by atoms with Crippen LogP contribution in [0.1, 0.15) is 44.1 Å². The van der Waals surface area contributed by atoms with Gasteiger partial charge in [0.2, 0.25) is 17.8 Å². The monoisotopic (exact) mass is 391 g/mol. The summed E-state index contributed by atoms with van der Waals surface area (Å²) < 4.78 is 0. The largest absolute Gasteiger partial charge is 0.341 e. The number of nitrogens with zero attached hydrogens (tertiary/aromatic N) is 6. The molecule has 3 heterocycles. The molecule has 1 aromatic carbocycles. The molecule has 2 aliphatic heterocycles. The standard InChI is InChI=1S/C22H29N7/c1-4-11-19(12-5-1)13-10-14-23-27-20-24-21(28-15-6-2-7-16-28)26-22(25-20)29-17-8-3-9-18-29/h1,4-5,10-14H,2-3,6-9,15-18H2,(H,24,25,26,27)/b13-10+,23-14?. The van der Waals surface area contributed by atoms with E-state index in [0.29, 0.717) is 5.95 Å². The molecule has 0 spiro atoms. The number of piperidine rings is 2. The Kier molecular flexibility index (Phi) is 6.68. The first-order valence-corrected chi connectivity index (χ1v) is 10.7. The first kappa shape index (κ1) is 19.4. The van der Waals surface area contributed by atoms with Crippen LogP contribution in [0.5, 0.6) is 0 Å². The van der Waals surface area contributed by atoms with Gasteiger partial charge in [-0.3, -0.25) is 0 Å². The number of hydrogen-bond acceptors (Lipinski definition) is 7. The van der Waals surface area contributed by atoms with Gasteiger partial charge >= 0.3 is 0 Å². The third-order valence-electron chi connectivity index (χ3n) is 5.30. The fourth-order valence-electron chi connectivity index (χ4n) is 3.73. The summed E-state index contributed by atoms with van der Waals surface area (Å²) in [5.74, 6) is 2.03. The van der Waals surface area contributed by atoms with E-state index in [1.54, 1.807) is 6.21 Å². The van der Waals surface area contributed by atoms with Crippen molar-refractivity contribution < 1.29 is 0 Å². The average molecular weight is 392 g/mol. The van der Waals surface area contributed by atoms with E-state index in [1.165, 1.54) is 38.5 Å². The molecular weight excluding hydrogens is 362 g/mol. The van der Waals surface area contributed by atoms with Crippen LogP contribution in [-0.2, 0) is 0 Å². The van der Waals surface area contributed by atoms with Gasteiger partial charge in [0.1, 0.15) is 0 Å². The van der Waals surface area contributed by atoms with Crippen LogP contribution in [0.3, 0.4) is 0 Å². The zero-order valence-electron chi connectivity index (χ0n) is 16.9. The van der Waals surface area contributed by atoms with Crippen molar-refractivity contribution >= 4 is 30.1 Å². The molecule has 0 radical (unpaired) electrons. The number of rotatable bonds is 6. The summed E-state index contributed by atoms with van der Waals surface area (Å²) in [7, 11) is 0. The molecule has 0 aliphatic carbocycles. The molecule has 0 unspecified atom stereocenters. The summed E-state index contributed by atoms with van der Waals surface area (Å²) >= 11 is 0. The molecule has 0 saturated carbocycles. The highest BCUT2D eigenvalue weighted by Crippen LogP contribution is 2.22. The minimum Gasteiger partial charge on any atom is -0.341 e. The molecule has 0 amide bonds. The number of hydrogen-bond donors (Lipinski definition) is 1. The van der Waals surface area contributed by atoms with Crippen molar-refractivity contribution in [3.05, 3.63) is 42.0 Å². The number of hydrazone groups is 1. The third-order valence-corrected chi connectivity index (χ3v) is 5.30. The van der Waals surface area contributed by atoms with Crippen molar-refractivity contribution in [2.45, 2.75) is 38.5 Å². The van der Waals surface area contributed by atoms with E-state index in [1.807, 2.05) is 30.4 Å². The number of benzene rings is 1. The summed E-state index contributed by atoms with van der Waals surface area (Å²) in [6.45, 7) is 4.02. The zero-order chi connectivity index (χ0) is 19.7. The predicted molar refractivity (Wildman–Crippen MR) is 120 cm³/mol. The number of nitrogens with one attached hydrogen (secondary N) is 1. The summed E-state index contributed by atoms with van der Waals surface area (Å²) in [4.78, 5) is 18.6. The Balaban J connectivity index is 1.48. The topological polar surface area (TPSA) is 69.5 Å². The van der Waals surface area contributed by atoms with Gasteiger partial charge in [0.15, 0.2) is 0 Å². The Hall–Kier alpha value is -2.96. The second kappa shape index (κ2) is 10.0. The molecule has 29 heavy (non-hydrogen) atoms. The van der Waals surface area contributed by atoms with Gasteiger partial charge in [0.05, 0.1) is 0 Å². The predicted octanol–water partition coefficient (Wildman–Crippen LogP) is 3.96. The van der Waals surface area contributed by atoms with Gasteiger partial charge in [-0.2, -0.15) is 20.1 Å². The Bertz CT molecular complexity index is 786. The lowest BCUT2D eigenvalue weighted by molar-refractivity contribution is 0.556. The van der Waals surface area contributed by atoms with E-state index in [4.69, 9.17) is 4.98 Å². The van der Waals surface area contributed by atoms with Crippen molar-refractivity contribution in [3.8, 4) is 0 Å². The van der Waals surface area contributed by atoms with E-state index < -0.39 is 0 Å². The van der Waals surface area contributed by atoms with Crippen LogP contribution in [-0.4, -0.2) is 47.3 Å². The molecule has 1 N–H and O–H groups in total. The summed E-state index contributed by atoms with van der Waals surface area (Å²) in [5, 5.41) is 4.28. The minimum absolute atomic E-state index is 0.505. The lowest BCUT2D eigenvalue weighted by Gasteiger charge is -2.30. The van der Waals surface area contributed by atoms with Crippen molar-refractivity contribution in [2.24, 2.45) is 5.10 Å². The van der Waals surface area contributed by atoms with E-state index in [2.05, 4.69) is 42.4 Å². The quantitative estimate of drug-likeness (QED) is 0.594. The highest BCUT2D eigenvalue weighted by molar-refractivity contribution is 5.78. The van der Waals surface area contributed by atoms with E-state index in [-0.39, 0.29) is 0 Å².